The van der Waals surface area contributed by atoms with Gasteiger partial charge in [0.2, 0.25) is 0 Å². The lowest BCUT2D eigenvalue weighted by atomic mass is 10.2. The van der Waals surface area contributed by atoms with Crippen LogP contribution in [0, 0.1) is 0 Å². The van der Waals surface area contributed by atoms with Crippen LogP contribution in [0.5, 0.6) is 5.75 Å². The average Bonchev–Trinajstić information content (AvgIpc) is 2.37. The maximum Gasteiger partial charge on any atom is 0.156 e. The van der Waals surface area contributed by atoms with Crippen molar-refractivity contribution in [1.29, 1.82) is 0 Å². The van der Waals surface area contributed by atoms with E-state index in [-0.39, 0.29) is 0 Å². The number of hydrogen-bond donors (Lipinski definition) is 1. The average molecular weight is 320 g/mol. The summed E-state index contributed by atoms with van der Waals surface area (Å²) in [6.07, 6.45) is 1.27. The van der Waals surface area contributed by atoms with E-state index in [4.69, 9.17) is 32.7 Å². The van der Waals surface area contributed by atoms with Crippen molar-refractivity contribution in [3.63, 3.8) is 0 Å². The molecule has 0 bridgehead atoms. The summed E-state index contributed by atoms with van der Waals surface area (Å²) in [5.74, 6) is 0.560. The van der Waals surface area contributed by atoms with Crippen LogP contribution in [-0.4, -0.2) is 25.9 Å². The Bertz CT molecular complexity index is 388. The van der Waals surface area contributed by atoms with E-state index in [1.54, 1.807) is 0 Å². The van der Waals surface area contributed by atoms with Crippen molar-refractivity contribution >= 4 is 23.2 Å². The number of hydrogen-bond acceptors (Lipinski definition) is 3. The number of ether oxygens (including phenoxy) is 2. The first-order valence-electron chi connectivity index (χ1n) is 6.97. The third-order valence-electron chi connectivity index (χ3n) is 2.62. The van der Waals surface area contributed by atoms with Crippen molar-refractivity contribution in [3.05, 3.63) is 27.7 Å². The Morgan fingerprint density at radius 3 is 2.40 bits per heavy atom. The van der Waals surface area contributed by atoms with Gasteiger partial charge < -0.3 is 14.8 Å². The zero-order valence-electron chi connectivity index (χ0n) is 12.3. The third kappa shape index (κ3) is 6.31. The minimum absolute atomic E-state index is 0.290. The second kappa shape index (κ2) is 9.46. The molecule has 0 aliphatic rings. The summed E-state index contributed by atoms with van der Waals surface area (Å²) in [5, 5.41) is 4.45. The molecule has 0 fully saturated rings. The van der Waals surface area contributed by atoms with Gasteiger partial charge >= 0.3 is 0 Å². The van der Waals surface area contributed by atoms with Crippen LogP contribution in [0.1, 0.15) is 32.8 Å². The summed E-state index contributed by atoms with van der Waals surface area (Å²) in [6.45, 7) is 8.93. The Labute approximate surface area is 131 Å². The zero-order valence-corrected chi connectivity index (χ0v) is 13.9. The summed E-state index contributed by atoms with van der Waals surface area (Å²) in [5.41, 5.74) is 1.05. The lowest BCUT2D eigenvalue weighted by molar-refractivity contribution is 0.0770. The molecule has 114 valence electrons. The maximum atomic E-state index is 6.15. The number of benzene rings is 1. The van der Waals surface area contributed by atoms with Gasteiger partial charge in [-0.1, -0.05) is 23.2 Å². The van der Waals surface area contributed by atoms with Gasteiger partial charge in [-0.2, -0.15) is 0 Å². The van der Waals surface area contributed by atoms with Crippen LogP contribution >= 0.6 is 23.2 Å². The fraction of sp³-hybridized carbons (Fsp3) is 0.600. The van der Waals surface area contributed by atoms with Crippen LogP contribution in [0.3, 0.4) is 0 Å². The number of rotatable bonds is 9. The summed E-state index contributed by atoms with van der Waals surface area (Å²) in [4.78, 5) is 0. The molecule has 1 N–H and O–H groups in total. The van der Waals surface area contributed by atoms with Gasteiger partial charge in [0, 0.05) is 13.2 Å². The highest BCUT2D eigenvalue weighted by Crippen LogP contribution is 2.34. The van der Waals surface area contributed by atoms with Crippen molar-refractivity contribution < 1.29 is 9.47 Å². The molecule has 0 aliphatic heterocycles. The molecule has 0 aromatic heterocycles. The quantitative estimate of drug-likeness (QED) is 0.688. The minimum atomic E-state index is 0.290. The highest BCUT2D eigenvalue weighted by Gasteiger charge is 2.09. The largest absolute Gasteiger partial charge is 0.491 e. The molecule has 3 nitrogen and oxygen atoms in total. The third-order valence-corrected chi connectivity index (χ3v) is 3.19. The van der Waals surface area contributed by atoms with E-state index < -0.39 is 0 Å². The molecule has 0 heterocycles. The fourth-order valence-corrected chi connectivity index (χ4v) is 2.39. The Hall–Kier alpha value is -0.480. The number of halogens is 2. The Morgan fingerprint density at radius 1 is 1.20 bits per heavy atom. The van der Waals surface area contributed by atoms with E-state index >= 15 is 0 Å². The minimum Gasteiger partial charge on any atom is -0.491 e. The van der Waals surface area contributed by atoms with E-state index in [1.807, 2.05) is 32.9 Å². The van der Waals surface area contributed by atoms with Crippen molar-refractivity contribution in [2.24, 2.45) is 0 Å². The van der Waals surface area contributed by atoms with Gasteiger partial charge in [-0.25, -0.2) is 0 Å². The maximum absolute atomic E-state index is 6.15. The summed E-state index contributed by atoms with van der Waals surface area (Å²) < 4.78 is 10.9. The Morgan fingerprint density at radius 2 is 1.85 bits per heavy atom. The molecule has 0 saturated carbocycles. The van der Waals surface area contributed by atoms with E-state index in [9.17, 15) is 0 Å². The Kier molecular flexibility index (Phi) is 8.31. The van der Waals surface area contributed by atoms with Crippen LogP contribution in [0.2, 0.25) is 10.0 Å². The van der Waals surface area contributed by atoms with E-state index in [0.717, 1.165) is 31.7 Å². The van der Waals surface area contributed by atoms with Gasteiger partial charge in [0.25, 0.3) is 0 Å². The van der Waals surface area contributed by atoms with Crippen LogP contribution in [0.25, 0.3) is 0 Å². The van der Waals surface area contributed by atoms with Gasteiger partial charge in [0.15, 0.2) is 5.75 Å². The topological polar surface area (TPSA) is 30.5 Å². The molecule has 5 heteroatoms. The summed E-state index contributed by atoms with van der Waals surface area (Å²) >= 11 is 12.3. The normalized spacial score (nSPS) is 11.1. The molecule has 0 saturated heterocycles. The number of nitrogens with one attached hydrogen (secondary N) is 1. The fourth-order valence-electron chi connectivity index (χ4n) is 1.75. The predicted octanol–water partition coefficient (Wildman–Crippen LogP) is 4.30. The zero-order chi connectivity index (χ0) is 15.0. The van der Waals surface area contributed by atoms with Crippen LogP contribution < -0.4 is 10.1 Å². The van der Waals surface area contributed by atoms with Gasteiger partial charge in [0.1, 0.15) is 0 Å². The van der Waals surface area contributed by atoms with E-state index in [0.29, 0.717) is 28.5 Å². The van der Waals surface area contributed by atoms with Gasteiger partial charge in [-0.05, 0) is 51.4 Å². The van der Waals surface area contributed by atoms with Crippen molar-refractivity contribution in [3.8, 4) is 5.75 Å². The van der Waals surface area contributed by atoms with E-state index in [2.05, 4.69) is 5.32 Å². The smallest absolute Gasteiger partial charge is 0.156 e. The van der Waals surface area contributed by atoms with Crippen LogP contribution in [-0.2, 0) is 11.3 Å². The second-order valence-electron chi connectivity index (χ2n) is 4.77. The predicted molar refractivity (Wildman–Crippen MR) is 85.0 cm³/mol. The molecule has 0 atom stereocenters. The first-order valence-corrected chi connectivity index (χ1v) is 7.73. The monoisotopic (exact) mass is 319 g/mol. The molecule has 0 radical (unpaired) electrons. The van der Waals surface area contributed by atoms with Crippen molar-refractivity contribution in [2.45, 2.75) is 39.8 Å². The standard InChI is InChI=1S/C15H23Cl2NO2/c1-4-19-15-13(16)8-12(9-14(15)17)10-18-6-5-7-20-11(2)3/h8-9,11,18H,4-7,10H2,1-3H3. The molecule has 0 amide bonds. The second-order valence-corrected chi connectivity index (χ2v) is 5.59. The summed E-state index contributed by atoms with van der Waals surface area (Å²) in [6, 6.07) is 3.77. The van der Waals surface area contributed by atoms with Crippen molar-refractivity contribution in [2.75, 3.05) is 19.8 Å². The first kappa shape index (κ1) is 17.6. The van der Waals surface area contributed by atoms with Gasteiger partial charge in [0.05, 0.1) is 22.8 Å². The SMILES string of the molecule is CCOc1c(Cl)cc(CNCCCOC(C)C)cc1Cl. The molecule has 1 aromatic rings. The highest BCUT2D eigenvalue weighted by atomic mass is 35.5. The molecule has 0 unspecified atom stereocenters. The highest BCUT2D eigenvalue weighted by molar-refractivity contribution is 6.37. The van der Waals surface area contributed by atoms with E-state index in [1.165, 1.54) is 0 Å². The van der Waals surface area contributed by atoms with Gasteiger partial charge in [-0.3, -0.25) is 0 Å². The lowest BCUT2D eigenvalue weighted by Crippen LogP contribution is -2.17. The molecular weight excluding hydrogens is 297 g/mol. The van der Waals surface area contributed by atoms with Crippen molar-refractivity contribution in [1.82, 2.24) is 5.32 Å². The van der Waals surface area contributed by atoms with Gasteiger partial charge in [-0.15, -0.1) is 0 Å². The Balaban J connectivity index is 2.37. The molecule has 0 aliphatic carbocycles. The van der Waals surface area contributed by atoms with Crippen LogP contribution in [0.4, 0.5) is 0 Å². The first-order chi connectivity index (χ1) is 9.54. The lowest BCUT2D eigenvalue weighted by Gasteiger charge is -2.11. The molecule has 1 aromatic carbocycles. The molecular formula is C15H23Cl2NO2. The molecule has 1 rings (SSSR count). The molecule has 20 heavy (non-hydrogen) atoms. The van der Waals surface area contributed by atoms with Crippen LogP contribution in [0.15, 0.2) is 12.1 Å². The molecule has 0 spiro atoms. The summed E-state index contributed by atoms with van der Waals surface area (Å²) in [7, 11) is 0.